The van der Waals surface area contributed by atoms with E-state index in [0.717, 1.165) is 5.39 Å². The van der Waals surface area contributed by atoms with Crippen LogP contribution >= 0.6 is 27.5 Å². The van der Waals surface area contributed by atoms with Crippen molar-refractivity contribution in [3.05, 3.63) is 38.2 Å². The van der Waals surface area contributed by atoms with Gasteiger partial charge in [0.15, 0.2) is 0 Å². The van der Waals surface area contributed by atoms with Crippen LogP contribution in [0.2, 0.25) is 5.02 Å². The topological polar surface area (TPSA) is 45.8 Å². The molecule has 3 nitrogen and oxygen atoms in total. The summed E-state index contributed by atoms with van der Waals surface area (Å²) in [4.78, 5) is 11.3. The lowest BCUT2D eigenvalue weighted by Crippen LogP contribution is -2.08. The third kappa shape index (κ3) is 1.47. The largest absolute Gasteiger partial charge is 0.272 e. The van der Waals surface area contributed by atoms with Gasteiger partial charge in [0.05, 0.1) is 5.39 Å². The van der Waals surface area contributed by atoms with Crippen LogP contribution in [0.3, 0.4) is 0 Å². The number of aromatic amines is 1. The molecule has 0 unspecified atom stereocenters. The van der Waals surface area contributed by atoms with E-state index in [1.54, 1.807) is 18.2 Å². The molecule has 0 spiro atoms. The Labute approximate surface area is 86.9 Å². The van der Waals surface area contributed by atoms with Crippen molar-refractivity contribution in [3.63, 3.8) is 0 Å². The molecule has 0 aliphatic rings. The van der Waals surface area contributed by atoms with Gasteiger partial charge < -0.3 is 0 Å². The maximum atomic E-state index is 11.3. The second kappa shape index (κ2) is 3.12. The standard InChI is InChI=1S/C8H4BrClN2O/c9-7-6-3-4(10)1-2-5(6)8(13)12-11-7/h1-3H,(H,12,13). The van der Waals surface area contributed by atoms with Crippen molar-refractivity contribution in [3.8, 4) is 0 Å². The smallest absolute Gasteiger partial charge is 0.267 e. The predicted molar refractivity (Wildman–Crippen MR) is 55.1 cm³/mol. The first-order valence-corrected chi connectivity index (χ1v) is 4.69. The first kappa shape index (κ1) is 8.72. The summed E-state index contributed by atoms with van der Waals surface area (Å²) in [7, 11) is 0. The third-order valence-corrected chi connectivity index (χ3v) is 2.54. The molecule has 1 aromatic carbocycles. The first-order chi connectivity index (χ1) is 6.18. The second-order valence-corrected chi connectivity index (χ2v) is 3.72. The summed E-state index contributed by atoms with van der Waals surface area (Å²) < 4.78 is 0.588. The zero-order valence-corrected chi connectivity index (χ0v) is 8.69. The van der Waals surface area contributed by atoms with Gasteiger partial charge in [0.2, 0.25) is 0 Å². The van der Waals surface area contributed by atoms with Crippen molar-refractivity contribution >= 4 is 38.3 Å². The van der Waals surface area contributed by atoms with Gasteiger partial charge in [0.25, 0.3) is 5.56 Å². The van der Waals surface area contributed by atoms with Crippen molar-refractivity contribution in [1.29, 1.82) is 0 Å². The molecule has 0 saturated carbocycles. The van der Waals surface area contributed by atoms with Crippen LogP contribution in [0, 0.1) is 0 Å². The van der Waals surface area contributed by atoms with E-state index in [0.29, 0.717) is 15.0 Å². The molecule has 66 valence electrons. The van der Waals surface area contributed by atoms with Crippen LogP contribution < -0.4 is 5.56 Å². The molecule has 0 amide bonds. The molecule has 0 bridgehead atoms. The molecule has 0 fully saturated rings. The quantitative estimate of drug-likeness (QED) is 0.789. The lowest BCUT2D eigenvalue weighted by Gasteiger charge is -1.98. The summed E-state index contributed by atoms with van der Waals surface area (Å²) >= 11 is 9.01. The third-order valence-electron chi connectivity index (χ3n) is 1.70. The zero-order valence-electron chi connectivity index (χ0n) is 6.34. The van der Waals surface area contributed by atoms with E-state index in [9.17, 15) is 4.79 Å². The van der Waals surface area contributed by atoms with E-state index in [1.165, 1.54) is 0 Å². The molecule has 13 heavy (non-hydrogen) atoms. The lowest BCUT2D eigenvalue weighted by molar-refractivity contribution is 0.990. The molecule has 1 aromatic heterocycles. The molecule has 0 atom stereocenters. The number of halogens is 2. The normalized spacial score (nSPS) is 10.6. The van der Waals surface area contributed by atoms with E-state index in [1.807, 2.05) is 0 Å². The average molecular weight is 259 g/mol. The number of hydrogen-bond acceptors (Lipinski definition) is 2. The Morgan fingerprint density at radius 2 is 2.15 bits per heavy atom. The average Bonchev–Trinajstić information content (AvgIpc) is 2.12. The fraction of sp³-hybridized carbons (Fsp3) is 0. The van der Waals surface area contributed by atoms with Crippen LogP contribution in [0.4, 0.5) is 0 Å². The predicted octanol–water partition coefficient (Wildman–Crippen LogP) is 2.34. The van der Waals surface area contributed by atoms with E-state index in [-0.39, 0.29) is 5.56 Å². The van der Waals surface area contributed by atoms with Crippen LogP contribution in [0.25, 0.3) is 10.8 Å². The second-order valence-electron chi connectivity index (χ2n) is 2.53. The Kier molecular flexibility index (Phi) is 2.09. The van der Waals surface area contributed by atoms with E-state index < -0.39 is 0 Å². The minimum atomic E-state index is -0.213. The van der Waals surface area contributed by atoms with Gasteiger partial charge in [0, 0.05) is 10.4 Å². The summed E-state index contributed by atoms with van der Waals surface area (Å²) in [6.45, 7) is 0. The number of aromatic nitrogens is 2. The van der Waals surface area contributed by atoms with Crippen molar-refractivity contribution in [1.82, 2.24) is 10.2 Å². The fourth-order valence-electron chi connectivity index (χ4n) is 1.11. The molecular weight excluding hydrogens is 255 g/mol. The van der Waals surface area contributed by atoms with Crippen molar-refractivity contribution < 1.29 is 0 Å². The van der Waals surface area contributed by atoms with Crippen molar-refractivity contribution in [2.45, 2.75) is 0 Å². The van der Waals surface area contributed by atoms with Gasteiger partial charge in [-0.25, -0.2) is 5.10 Å². The SMILES string of the molecule is O=c1[nH]nc(Br)c2cc(Cl)ccc12. The van der Waals surface area contributed by atoms with Gasteiger partial charge in [0.1, 0.15) is 4.60 Å². The lowest BCUT2D eigenvalue weighted by atomic mass is 10.2. The Bertz CT molecular complexity index is 523. The molecule has 1 heterocycles. The molecule has 0 aliphatic carbocycles. The molecule has 5 heteroatoms. The van der Waals surface area contributed by atoms with Crippen molar-refractivity contribution in [2.75, 3.05) is 0 Å². The molecule has 0 radical (unpaired) electrons. The highest BCUT2D eigenvalue weighted by atomic mass is 79.9. The molecule has 0 saturated heterocycles. The van der Waals surface area contributed by atoms with Gasteiger partial charge in [-0.2, -0.15) is 5.10 Å². The van der Waals surface area contributed by atoms with Gasteiger partial charge in [-0.05, 0) is 34.1 Å². The molecule has 2 aromatic rings. The Balaban J connectivity index is 3.01. The van der Waals surface area contributed by atoms with E-state index >= 15 is 0 Å². The van der Waals surface area contributed by atoms with Crippen LogP contribution in [0.5, 0.6) is 0 Å². The van der Waals surface area contributed by atoms with Crippen LogP contribution in [-0.2, 0) is 0 Å². The van der Waals surface area contributed by atoms with Crippen LogP contribution in [0.15, 0.2) is 27.6 Å². The minimum Gasteiger partial charge on any atom is -0.267 e. The van der Waals surface area contributed by atoms with Gasteiger partial charge in [-0.1, -0.05) is 11.6 Å². The summed E-state index contributed by atoms with van der Waals surface area (Å²) in [6.07, 6.45) is 0. The maximum Gasteiger partial charge on any atom is 0.272 e. The first-order valence-electron chi connectivity index (χ1n) is 3.52. The molecule has 1 N–H and O–H groups in total. The van der Waals surface area contributed by atoms with Crippen LogP contribution in [0.1, 0.15) is 0 Å². The van der Waals surface area contributed by atoms with E-state index in [4.69, 9.17) is 11.6 Å². The highest BCUT2D eigenvalue weighted by molar-refractivity contribution is 9.10. The number of rotatable bonds is 0. The fourth-order valence-corrected chi connectivity index (χ4v) is 1.69. The highest BCUT2D eigenvalue weighted by Gasteiger charge is 2.03. The molecular formula is C8H4BrClN2O. The van der Waals surface area contributed by atoms with Gasteiger partial charge in [-0.3, -0.25) is 4.79 Å². The number of benzene rings is 1. The summed E-state index contributed by atoms with van der Waals surface area (Å²) in [6, 6.07) is 5.04. The summed E-state index contributed by atoms with van der Waals surface area (Å²) in [5.41, 5.74) is -0.213. The van der Waals surface area contributed by atoms with E-state index in [2.05, 4.69) is 26.1 Å². The summed E-state index contributed by atoms with van der Waals surface area (Å²) in [5, 5.41) is 8.01. The Morgan fingerprint density at radius 1 is 1.38 bits per heavy atom. The Hall–Kier alpha value is -0.870. The number of fused-ring (bicyclic) bond motifs is 1. The van der Waals surface area contributed by atoms with Gasteiger partial charge in [-0.15, -0.1) is 0 Å². The zero-order chi connectivity index (χ0) is 9.42. The summed E-state index contributed by atoms with van der Waals surface area (Å²) in [5.74, 6) is 0. The van der Waals surface area contributed by atoms with Crippen LogP contribution in [-0.4, -0.2) is 10.2 Å². The number of nitrogens with zero attached hydrogens (tertiary/aromatic N) is 1. The molecule has 0 aliphatic heterocycles. The minimum absolute atomic E-state index is 0.213. The molecule has 2 rings (SSSR count). The monoisotopic (exact) mass is 258 g/mol. The Morgan fingerprint density at radius 3 is 2.92 bits per heavy atom. The number of nitrogens with one attached hydrogen (secondary N) is 1. The van der Waals surface area contributed by atoms with Gasteiger partial charge >= 0.3 is 0 Å². The number of H-pyrrole nitrogens is 1. The van der Waals surface area contributed by atoms with Crippen molar-refractivity contribution in [2.24, 2.45) is 0 Å². The number of hydrogen-bond donors (Lipinski definition) is 1. The highest BCUT2D eigenvalue weighted by Crippen LogP contribution is 2.21. The maximum absolute atomic E-state index is 11.3.